The molecule has 3 heteroatoms. The van der Waals surface area contributed by atoms with Gasteiger partial charge in [0, 0.05) is 4.47 Å². The van der Waals surface area contributed by atoms with Crippen LogP contribution in [0, 0.1) is 11.3 Å². The molecule has 0 fully saturated rings. The third-order valence-electron chi connectivity index (χ3n) is 1.39. The summed E-state index contributed by atoms with van der Waals surface area (Å²) in [7, 11) is 0. The molecule has 0 radical (unpaired) electrons. The van der Waals surface area contributed by atoms with Gasteiger partial charge in [0.05, 0.1) is 6.61 Å². The maximum absolute atomic E-state index is 8.77. The van der Waals surface area contributed by atoms with Crippen LogP contribution < -0.4 is 4.74 Å². The molecule has 0 saturated heterocycles. The van der Waals surface area contributed by atoms with E-state index in [0.29, 0.717) is 17.9 Å². The molecule has 1 aromatic rings. The molecule has 0 bridgehead atoms. The van der Waals surface area contributed by atoms with Crippen LogP contribution >= 0.6 is 15.9 Å². The van der Waals surface area contributed by atoms with Crippen LogP contribution in [-0.4, -0.2) is 6.61 Å². The van der Waals surface area contributed by atoms with Crippen LogP contribution in [0.5, 0.6) is 5.75 Å². The summed E-state index contributed by atoms with van der Waals surface area (Å²) < 4.78 is 6.03. The van der Waals surface area contributed by atoms with E-state index in [0.717, 1.165) is 4.47 Å². The molecule has 0 aromatic heterocycles. The summed E-state index contributed by atoms with van der Waals surface area (Å²) in [5.41, 5.74) is 0.555. The topological polar surface area (TPSA) is 33.0 Å². The number of hydrogen-bond acceptors (Lipinski definition) is 2. The molecule has 0 heterocycles. The van der Waals surface area contributed by atoms with Crippen molar-refractivity contribution in [2.45, 2.75) is 6.92 Å². The predicted molar refractivity (Wildman–Crippen MR) is 50.0 cm³/mol. The highest BCUT2D eigenvalue weighted by molar-refractivity contribution is 9.10. The first-order valence-corrected chi connectivity index (χ1v) is 4.40. The fourth-order valence-corrected chi connectivity index (χ4v) is 1.33. The van der Waals surface area contributed by atoms with Crippen molar-refractivity contribution in [1.82, 2.24) is 0 Å². The van der Waals surface area contributed by atoms with Crippen molar-refractivity contribution in [2.75, 3.05) is 6.61 Å². The van der Waals surface area contributed by atoms with Crippen LogP contribution in [0.15, 0.2) is 22.7 Å². The number of nitrogens with zero attached hydrogens (tertiary/aromatic N) is 1. The lowest BCUT2D eigenvalue weighted by molar-refractivity contribution is 0.339. The number of nitriles is 1. The van der Waals surface area contributed by atoms with Crippen molar-refractivity contribution >= 4 is 15.9 Å². The second-order valence-corrected chi connectivity index (χ2v) is 3.01. The minimum absolute atomic E-state index is 0.555. The molecule has 0 spiro atoms. The number of hydrogen-bond donors (Lipinski definition) is 0. The lowest BCUT2D eigenvalue weighted by Gasteiger charge is -2.05. The Balaban J connectivity index is 3.11. The second-order valence-electron chi connectivity index (χ2n) is 2.16. The first kappa shape index (κ1) is 9.08. The SMILES string of the molecule is CCOc1cccc(Br)c1C#N. The molecule has 1 aromatic carbocycles. The van der Waals surface area contributed by atoms with E-state index in [1.807, 2.05) is 19.1 Å². The lowest BCUT2D eigenvalue weighted by atomic mass is 10.2. The molecule has 1 rings (SSSR count). The summed E-state index contributed by atoms with van der Waals surface area (Å²) >= 11 is 3.27. The highest BCUT2D eigenvalue weighted by Gasteiger charge is 2.05. The monoisotopic (exact) mass is 225 g/mol. The third-order valence-corrected chi connectivity index (χ3v) is 2.05. The summed E-state index contributed by atoms with van der Waals surface area (Å²) in [5, 5.41) is 8.77. The molecule has 0 atom stereocenters. The first-order valence-electron chi connectivity index (χ1n) is 3.61. The Hall–Kier alpha value is -1.01. The van der Waals surface area contributed by atoms with E-state index in [-0.39, 0.29) is 0 Å². The van der Waals surface area contributed by atoms with E-state index in [4.69, 9.17) is 10.00 Å². The van der Waals surface area contributed by atoms with Gasteiger partial charge in [-0.1, -0.05) is 6.07 Å². The van der Waals surface area contributed by atoms with Gasteiger partial charge in [-0.3, -0.25) is 0 Å². The summed E-state index contributed by atoms with van der Waals surface area (Å²) in [4.78, 5) is 0. The second kappa shape index (κ2) is 4.13. The van der Waals surface area contributed by atoms with Gasteiger partial charge in [0.2, 0.25) is 0 Å². The van der Waals surface area contributed by atoms with Crippen molar-refractivity contribution in [3.63, 3.8) is 0 Å². The van der Waals surface area contributed by atoms with Gasteiger partial charge in [-0.2, -0.15) is 5.26 Å². The highest BCUT2D eigenvalue weighted by Crippen LogP contribution is 2.25. The summed E-state index contributed by atoms with van der Waals surface area (Å²) in [6.45, 7) is 2.47. The van der Waals surface area contributed by atoms with Crippen molar-refractivity contribution in [3.8, 4) is 11.8 Å². The quantitative estimate of drug-likeness (QED) is 0.776. The number of ether oxygens (including phenoxy) is 1. The molecule has 0 amide bonds. The zero-order chi connectivity index (χ0) is 8.97. The standard InChI is InChI=1S/C9H8BrNO/c1-2-12-9-5-3-4-8(10)7(9)6-11/h3-5H,2H2,1H3. The maximum atomic E-state index is 8.77. The summed E-state index contributed by atoms with van der Waals surface area (Å²) in [5.74, 6) is 0.634. The van der Waals surface area contributed by atoms with E-state index in [9.17, 15) is 0 Å². The Bertz CT molecular complexity index is 317. The van der Waals surface area contributed by atoms with E-state index in [1.165, 1.54) is 0 Å². The van der Waals surface area contributed by atoms with E-state index < -0.39 is 0 Å². The van der Waals surface area contributed by atoms with Gasteiger partial charge in [-0.25, -0.2) is 0 Å². The minimum atomic E-state index is 0.555. The van der Waals surface area contributed by atoms with Crippen LogP contribution in [-0.2, 0) is 0 Å². The fraction of sp³-hybridized carbons (Fsp3) is 0.222. The number of benzene rings is 1. The summed E-state index contributed by atoms with van der Waals surface area (Å²) in [6.07, 6.45) is 0. The van der Waals surface area contributed by atoms with Gasteiger partial charge >= 0.3 is 0 Å². The number of halogens is 1. The molecule has 0 unspecified atom stereocenters. The van der Waals surface area contributed by atoms with Crippen molar-refractivity contribution in [3.05, 3.63) is 28.2 Å². The van der Waals surface area contributed by atoms with Gasteiger partial charge in [0.15, 0.2) is 0 Å². The first-order chi connectivity index (χ1) is 5.79. The molecule has 0 saturated carbocycles. The van der Waals surface area contributed by atoms with E-state index in [2.05, 4.69) is 22.0 Å². The van der Waals surface area contributed by atoms with Crippen molar-refractivity contribution < 1.29 is 4.74 Å². The van der Waals surface area contributed by atoms with Crippen LogP contribution in [0.4, 0.5) is 0 Å². The molecule has 0 aliphatic heterocycles. The van der Waals surface area contributed by atoms with E-state index >= 15 is 0 Å². The lowest BCUT2D eigenvalue weighted by Crippen LogP contribution is -1.94. The molecular formula is C9H8BrNO. The van der Waals surface area contributed by atoms with Crippen LogP contribution in [0.3, 0.4) is 0 Å². The summed E-state index contributed by atoms with van der Waals surface area (Å²) in [6, 6.07) is 7.52. The Labute approximate surface area is 79.9 Å². The van der Waals surface area contributed by atoms with Crippen LogP contribution in [0.2, 0.25) is 0 Å². The average molecular weight is 226 g/mol. The zero-order valence-corrected chi connectivity index (χ0v) is 8.26. The predicted octanol–water partition coefficient (Wildman–Crippen LogP) is 2.72. The fourth-order valence-electron chi connectivity index (χ4n) is 0.889. The number of rotatable bonds is 2. The third kappa shape index (κ3) is 1.77. The molecule has 0 aliphatic rings. The van der Waals surface area contributed by atoms with Crippen LogP contribution in [0.1, 0.15) is 12.5 Å². The maximum Gasteiger partial charge on any atom is 0.138 e. The van der Waals surface area contributed by atoms with Gasteiger partial charge in [-0.15, -0.1) is 0 Å². The normalized spacial score (nSPS) is 9.08. The van der Waals surface area contributed by atoms with Gasteiger partial charge in [0.1, 0.15) is 17.4 Å². The van der Waals surface area contributed by atoms with Crippen molar-refractivity contribution in [2.24, 2.45) is 0 Å². The highest BCUT2D eigenvalue weighted by atomic mass is 79.9. The Morgan fingerprint density at radius 1 is 1.58 bits per heavy atom. The largest absolute Gasteiger partial charge is 0.492 e. The van der Waals surface area contributed by atoms with Gasteiger partial charge in [0.25, 0.3) is 0 Å². The molecule has 2 nitrogen and oxygen atoms in total. The minimum Gasteiger partial charge on any atom is -0.492 e. The Kier molecular flexibility index (Phi) is 3.12. The smallest absolute Gasteiger partial charge is 0.138 e. The molecule has 12 heavy (non-hydrogen) atoms. The Morgan fingerprint density at radius 2 is 2.33 bits per heavy atom. The molecule has 0 aliphatic carbocycles. The molecular weight excluding hydrogens is 218 g/mol. The van der Waals surface area contributed by atoms with Gasteiger partial charge < -0.3 is 4.74 Å². The average Bonchev–Trinajstić information content (AvgIpc) is 2.05. The Morgan fingerprint density at radius 3 is 2.92 bits per heavy atom. The van der Waals surface area contributed by atoms with Crippen molar-refractivity contribution in [1.29, 1.82) is 5.26 Å². The van der Waals surface area contributed by atoms with Gasteiger partial charge in [-0.05, 0) is 35.0 Å². The molecule has 62 valence electrons. The zero-order valence-electron chi connectivity index (χ0n) is 6.67. The molecule has 0 N–H and O–H groups in total. The van der Waals surface area contributed by atoms with E-state index in [1.54, 1.807) is 6.07 Å². The van der Waals surface area contributed by atoms with Crippen LogP contribution in [0.25, 0.3) is 0 Å².